The largest absolute Gasteiger partial charge is 0.287 e. The van der Waals surface area contributed by atoms with Crippen LogP contribution < -0.4 is 0 Å². The molecule has 0 fully saturated rings. The molecule has 0 saturated heterocycles. The Morgan fingerprint density at radius 1 is 0.828 bits per heavy atom. The molecule has 144 valence electrons. The van der Waals surface area contributed by atoms with Gasteiger partial charge in [0.1, 0.15) is 5.69 Å². The van der Waals surface area contributed by atoms with Gasteiger partial charge in [-0.2, -0.15) is 8.42 Å². The van der Waals surface area contributed by atoms with Crippen molar-refractivity contribution in [1.29, 1.82) is 0 Å². The third-order valence-electron chi connectivity index (χ3n) is 4.49. The first-order chi connectivity index (χ1) is 14.0. The fourth-order valence-electron chi connectivity index (χ4n) is 2.97. The molecule has 0 bridgehead atoms. The van der Waals surface area contributed by atoms with Crippen molar-refractivity contribution in [1.82, 2.24) is 14.4 Å². The highest BCUT2D eigenvalue weighted by Crippen LogP contribution is 2.27. The summed E-state index contributed by atoms with van der Waals surface area (Å²) in [4.78, 5) is 13.1. The number of hydrogen-bond acceptors (Lipinski definition) is 5. The van der Waals surface area contributed by atoms with Crippen molar-refractivity contribution in [2.45, 2.75) is 11.8 Å². The Hall–Kier alpha value is -3.58. The monoisotopic (exact) mass is 403 g/mol. The number of aryl methyl sites for hydroxylation is 1. The number of nitrogens with zero attached hydrogens (tertiary/aromatic N) is 3. The summed E-state index contributed by atoms with van der Waals surface area (Å²) >= 11 is 0. The summed E-state index contributed by atoms with van der Waals surface area (Å²) in [6.07, 6.45) is 0. The van der Waals surface area contributed by atoms with Crippen LogP contribution in [-0.2, 0) is 10.0 Å². The van der Waals surface area contributed by atoms with Gasteiger partial charge in [-0.3, -0.25) is 4.79 Å². The van der Waals surface area contributed by atoms with Gasteiger partial charge in [-0.05, 0) is 19.1 Å². The molecule has 0 radical (unpaired) electrons. The molecule has 0 amide bonds. The zero-order valence-corrected chi connectivity index (χ0v) is 16.4. The van der Waals surface area contributed by atoms with Gasteiger partial charge in [0.05, 0.1) is 4.90 Å². The van der Waals surface area contributed by atoms with Crippen molar-refractivity contribution < 1.29 is 13.2 Å². The van der Waals surface area contributed by atoms with Crippen LogP contribution >= 0.6 is 0 Å². The van der Waals surface area contributed by atoms with E-state index in [0.717, 1.165) is 9.65 Å². The molecule has 0 aliphatic heterocycles. The third-order valence-corrected chi connectivity index (χ3v) is 6.07. The lowest BCUT2D eigenvalue weighted by molar-refractivity contribution is 0.103. The van der Waals surface area contributed by atoms with Gasteiger partial charge in [-0.15, -0.1) is 9.19 Å². The fraction of sp³-hybridized carbons (Fsp3) is 0.0455. The van der Waals surface area contributed by atoms with E-state index in [0.29, 0.717) is 11.1 Å². The molecule has 0 aliphatic rings. The topological polar surface area (TPSA) is 81.9 Å². The quantitative estimate of drug-likeness (QED) is 0.474. The first kappa shape index (κ1) is 18.8. The van der Waals surface area contributed by atoms with E-state index in [2.05, 4.69) is 10.3 Å². The predicted molar refractivity (Wildman–Crippen MR) is 109 cm³/mol. The summed E-state index contributed by atoms with van der Waals surface area (Å²) in [5, 5.41) is 7.83. The normalized spacial score (nSPS) is 11.3. The Labute approximate surface area is 168 Å². The highest BCUT2D eigenvalue weighted by Gasteiger charge is 2.29. The molecule has 3 aromatic carbocycles. The highest BCUT2D eigenvalue weighted by molar-refractivity contribution is 7.90. The summed E-state index contributed by atoms with van der Waals surface area (Å²) in [6, 6.07) is 23.8. The van der Waals surface area contributed by atoms with Gasteiger partial charge in [-0.25, -0.2) is 0 Å². The molecule has 6 nitrogen and oxygen atoms in total. The zero-order chi connectivity index (χ0) is 20.4. The molecule has 0 N–H and O–H groups in total. The average molecular weight is 403 g/mol. The van der Waals surface area contributed by atoms with Crippen LogP contribution in [0.25, 0.3) is 11.3 Å². The van der Waals surface area contributed by atoms with Crippen molar-refractivity contribution in [3.05, 3.63) is 102 Å². The molecule has 1 aromatic heterocycles. The molecule has 0 saturated carbocycles. The molecule has 0 unspecified atom stereocenters. The van der Waals surface area contributed by atoms with Gasteiger partial charge in [0, 0.05) is 11.1 Å². The minimum atomic E-state index is -4.04. The van der Waals surface area contributed by atoms with E-state index in [1.807, 2.05) is 13.0 Å². The van der Waals surface area contributed by atoms with E-state index < -0.39 is 15.8 Å². The fourth-order valence-corrected chi connectivity index (χ4v) is 4.21. The maximum atomic E-state index is 13.3. The van der Waals surface area contributed by atoms with Gasteiger partial charge in [0.15, 0.2) is 5.69 Å². The standard InChI is InChI=1S/C22H17N3O3S/c1-16-12-14-19(15-13-16)29(27,28)25-21(17-8-4-2-5-9-17)20(23-24-25)22(26)18-10-6-3-7-11-18/h2-15H,1H3. The molecule has 7 heteroatoms. The van der Waals surface area contributed by atoms with Crippen LogP contribution in [0.5, 0.6) is 0 Å². The highest BCUT2D eigenvalue weighted by atomic mass is 32.2. The number of aromatic nitrogens is 3. The number of hydrogen-bond donors (Lipinski definition) is 0. The second-order valence-electron chi connectivity index (χ2n) is 6.51. The van der Waals surface area contributed by atoms with E-state index in [-0.39, 0.29) is 16.3 Å². The Bertz CT molecular complexity index is 1260. The predicted octanol–water partition coefficient (Wildman–Crippen LogP) is 3.72. The second kappa shape index (κ2) is 7.44. The van der Waals surface area contributed by atoms with E-state index in [1.165, 1.54) is 12.1 Å². The van der Waals surface area contributed by atoms with Crippen molar-refractivity contribution in [2.75, 3.05) is 0 Å². The van der Waals surface area contributed by atoms with Crippen molar-refractivity contribution in [2.24, 2.45) is 0 Å². The summed E-state index contributed by atoms with van der Waals surface area (Å²) in [7, 11) is -4.04. The number of carbonyl (C=O) groups excluding carboxylic acids is 1. The van der Waals surface area contributed by atoms with Gasteiger partial charge in [0.25, 0.3) is 10.0 Å². The van der Waals surface area contributed by atoms with E-state index in [9.17, 15) is 13.2 Å². The molecule has 0 aliphatic carbocycles. The molecule has 1 heterocycles. The summed E-state index contributed by atoms with van der Waals surface area (Å²) in [6.45, 7) is 1.87. The van der Waals surface area contributed by atoms with Crippen LogP contribution in [0.15, 0.2) is 89.8 Å². The third kappa shape index (κ3) is 3.48. The maximum absolute atomic E-state index is 13.3. The van der Waals surface area contributed by atoms with Gasteiger partial charge >= 0.3 is 0 Å². The van der Waals surface area contributed by atoms with Crippen molar-refractivity contribution >= 4 is 15.8 Å². The van der Waals surface area contributed by atoms with Crippen LogP contribution in [-0.4, -0.2) is 28.6 Å². The molecular weight excluding hydrogens is 386 g/mol. The lowest BCUT2D eigenvalue weighted by atomic mass is 10.0. The summed E-state index contributed by atoms with van der Waals surface area (Å²) < 4.78 is 27.4. The number of carbonyl (C=O) groups is 1. The molecule has 0 spiro atoms. The van der Waals surface area contributed by atoms with E-state index in [1.54, 1.807) is 66.7 Å². The molecular formula is C22H17N3O3S. The molecule has 4 aromatic rings. The van der Waals surface area contributed by atoms with Gasteiger partial charge in [-0.1, -0.05) is 83.6 Å². The summed E-state index contributed by atoms with van der Waals surface area (Å²) in [5.41, 5.74) is 2.00. The van der Waals surface area contributed by atoms with Crippen LogP contribution in [0.1, 0.15) is 21.6 Å². The lowest BCUT2D eigenvalue weighted by Gasteiger charge is -2.09. The maximum Gasteiger partial charge on any atom is 0.284 e. The Morgan fingerprint density at radius 3 is 2.03 bits per heavy atom. The number of benzene rings is 3. The Morgan fingerprint density at radius 2 is 1.41 bits per heavy atom. The SMILES string of the molecule is Cc1ccc(S(=O)(=O)n2nnc(C(=O)c3ccccc3)c2-c2ccccc2)cc1. The number of ketones is 1. The summed E-state index contributed by atoms with van der Waals surface area (Å²) in [5.74, 6) is -0.394. The minimum absolute atomic E-state index is 0.0157. The van der Waals surface area contributed by atoms with Crippen LogP contribution in [0.4, 0.5) is 0 Å². The van der Waals surface area contributed by atoms with Crippen molar-refractivity contribution in [3.63, 3.8) is 0 Å². The van der Waals surface area contributed by atoms with Crippen molar-refractivity contribution in [3.8, 4) is 11.3 Å². The Balaban J connectivity index is 1.93. The lowest BCUT2D eigenvalue weighted by Crippen LogP contribution is -2.16. The van der Waals surface area contributed by atoms with Crippen LogP contribution in [0, 0.1) is 6.92 Å². The smallest absolute Gasteiger partial charge is 0.284 e. The number of rotatable bonds is 5. The van der Waals surface area contributed by atoms with Crippen LogP contribution in [0.2, 0.25) is 0 Å². The molecule has 29 heavy (non-hydrogen) atoms. The van der Waals surface area contributed by atoms with Gasteiger partial charge in [0.2, 0.25) is 5.78 Å². The van der Waals surface area contributed by atoms with E-state index >= 15 is 0 Å². The first-order valence-corrected chi connectivity index (χ1v) is 10.4. The van der Waals surface area contributed by atoms with E-state index in [4.69, 9.17) is 0 Å². The zero-order valence-electron chi connectivity index (χ0n) is 15.6. The average Bonchev–Trinajstić information content (AvgIpc) is 3.21. The molecule has 4 rings (SSSR count). The Kier molecular flexibility index (Phi) is 4.82. The minimum Gasteiger partial charge on any atom is -0.287 e. The van der Waals surface area contributed by atoms with Gasteiger partial charge < -0.3 is 0 Å². The second-order valence-corrected chi connectivity index (χ2v) is 8.28. The van der Waals surface area contributed by atoms with Crippen LogP contribution in [0.3, 0.4) is 0 Å². The first-order valence-electron chi connectivity index (χ1n) is 8.91. The molecule has 0 atom stereocenters.